The van der Waals surface area contributed by atoms with Gasteiger partial charge in [0.2, 0.25) is 10.0 Å². The van der Waals surface area contributed by atoms with Crippen LogP contribution >= 0.6 is 0 Å². The molecular weight excluding hydrogens is 414 g/mol. The Labute approximate surface area is 191 Å². The molecule has 0 bridgehead atoms. The molecule has 2 atom stereocenters. The Hall–Kier alpha value is -2.69. The van der Waals surface area contributed by atoms with Gasteiger partial charge in [-0.3, -0.25) is 0 Å². The molecule has 164 valence electrons. The molecule has 1 fully saturated rings. The average Bonchev–Trinajstić information content (AvgIpc) is 2.97. The summed E-state index contributed by atoms with van der Waals surface area (Å²) >= 11 is 0. The first-order valence-corrected chi connectivity index (χ1v) is 12.8. The standard InChI is InChI=1S/C28H29NO2S/c1-22-17-19-25(20-18-22)32(30,31)29-21-28(23-11-5-2-6-12-23,24-13-7-3-8-14-24)26-15-9-4-10-16-27(26)29/h2-3,5-8,10-14,16-20,26-27H,4,9,15,21H2,1H3. The molecule has 1 heterocycles. The highest BCUT2D eigenvalue weighted by Gasteiger charge is 2.56. The number of hydrogen-bond acceptors (Lipinski definition) is 2. The Balaban J connectivity index is 1.72. The van der Waals surface area contributed by atoms with Crippen LogP contribution < -0.4 is 0 Å². The van der Waals surface area contributed by atoms with Crippen LogP contribution in [0.2, 0.25) is 0 Å². The second-order valence-electron chi connectivity index (χ2n) is 9.02. The summed E-state index contributed by atoms with van der Waals surface area (Å²) in [5.74, 6) is 0.172. The molecule has 5 rings (SSSR count). The van der Waals surface area contributed by atoms with Gasteiger partial charge in [0.25, 0.3) is 0 Å². The van der Waals surface area contributed by atoms with Crippen molar-refractivity contribution in [1.82, 2.24) is 4.31 Å². The third kappa shape index (κ3) is 3.42. The van der Waals surface area contributed by atoms with Crippen molar-refractivity contribution in [3.63, 3.8) is 0 Å². The Kier molecular flexibility index (Phi) is 5.52. The maximum atomic E-state index is 14.0. The number of allylic oxidation sites excluding steroid dienone is 1. The van der Waals surface area contributed by atoms with Gasteiger partial charge in [-0.2, -0.15) is 4.31 Å². The number of rotatable bonds is 4. The highest BCUT2D eigenvalue weighted by atomic mass is 32.2. The van der Waals surface area contributed by atoms with Gasteiger partial charge in [0.05, 0.1) is 4.90 Å². The van der Waals surface area contributed by atoms with Crippen LogP contribution in [0.5, 0.6) is 0 Å². The number of sulfonamides is 1. The van der Waals surface area contributed by atoms with E-state index in [9.17, 15) is 8.42 Å². The van der Waals surface area contributed by atoms with Crippen molar-refractivity contribution in [1.29, 1.82) is 0 Å². The molecule has 0 radical (unpaired) electrons. The van der Waals surface area contributed by atoms with Crippen LogP contribution in [0, 0.1) is 12.8 Å². The predicted octanol–water partition coefficient (Wildman–Crippen LogP) is 5.71. The fraction of sp³-hybridized carbons (Fsp3) is 0.286. The molecule has 2 aliphatic rings. The SMILES string of the molecule is Cc1ccc(S(=O)(=O)N2CC(c3ccccc3)(c3ccccc3)C3CCCC=CC32)cc1. The van der Waals surface area contributed by atoms with Gasteiger partial charge >= 0.3 is 0 Å². The zero-order valence-corrected chi connectivity index (χ0v) is 19.2. The van der Waals surface area contributed by atoms with Gasteiger partial charge in [-0.15, -0.1) is 0 Å². The molecule has 0 amide bonds. The molecule has 0 N–H and O–H groups in total. The van der Waals surface area contributed by atoms with Crippen LogP contribution in [0.3, 0.4) is 0 Å². The second kappa shape index (κ2) is 8.34. The molecule has 1 aliphatic heterocycles. The van der Waals surface area contributed by atoms with Crippen molar-refractivity contribution in [2.75, 3.05) is 6.54 Å². The normalized spacial score (nSPS) is 22.9. The summed E-state index contributed by atoms with van der Waals surface area (Å²) in [6, 6.07) is 28.1. The maximum absolute atomic E-state index is 14.0. The van der Waals surface area contributed by atoms with Gasteiger partial charge in [-0.05, 0) is 55.4 Å². The van der Waals surface area contributed by atoms with Crippen LogP contribution in [0.4, 0.5) is 0 Å². The van der Waals surface area contributed by atoms with E-state index in [0.717, 1.165) is 24.8 Å². The Morgan fingerprint density at radius 2 is 1.44 bits per heavy atom. The number of nitrogens with zero attached hydrogens (tertiary/aromatic N) is 1. The van der Waals surface area contributed by atoms with Crippen LogP contribution in [-0.2, 0) is 15.4 Å². The quantitative estimate of drug-likeness (QED) is 0.484. The zero-order valence-electron chi connectivity index (χ0n) is 18.4. The van der Waals surface area contributed by atoms with Crippen molar-refractivity contribution in [2.45, 2.75) is 42.5 Å². The molecule has 0 spiro atoms. The Bertz CT molecular complexity index is 1160. The molecule has 32 heavy (non-hydrogen) atoms. The second-order valence-corrected chi connectivity index (χ2v) is 10.9. The molecule has 3 aromatic carbocycles. The molecule has 2 unspecified atom stereocenters. The highest BCUT2D eigenvalue weighted by molar-refractivity contribution is 7.89. The van der Waals surface area contributed by atoms with E-state index in [1.807, 2.05) is 31.2 Å². The summed E-state index contributed by atoms with van der Waals surface area (Å²) in [5, 5.41) is 0. The summed E-state index contributed by atoms with van der Waals surface area (Å²) in [4.78, 5) is 0.372. The minimum absolute atomic E-state index is 0.163. The summed E-state index contributed by atoms with van der Waals surface area (Å²) in [6.07, 6.45) is 7.37. The molecule has 0 aromatic heterocycles. The first-order valence-electron chi connectivity index (χ1n) is 11.4. The molecular formula is C28H29NO2S. The maximum Gasteiger partial charge on any atom is 0.243 e. The Morgan fingerprint density at radius 1 is 0.844 bits per heavy atom. The molecule has 0 saturated carbocycles. The smallest absolute Gasteiger partial charge is 0.207 e. The summed E-state index contributed by atoms with van der Waals surface area (Å²) in [5.41, 5.74) is 3.05. The van der Waals surface area contributed by atoms with Gasteiger partial charge < -0.3 is 0 Å². The van der Waals surface area contributed by atoms with E-state index in [-0.39, 0.29) is 17.4 Å². The number of hydrogen-bond donors (Lipinski definition) is 0. The zero-order chi connectivity index (χ0) is 22.2. The van der Waals surface area contributed by atoms with Gasteiger partial charge in [0.1, 0.15) is 0 Å². The lowest BCUT2D eigenvalue weighted by atomic mass is 9.65. The number of aryl methyl sites for hydroxylation is 1. The van der Waals surface area contributed by atoms with Crippen LogP contribution in [0.15, 0.2) is 102 Å². The van der Waals surface area contributed by atoms with Gasteiger partial charge in [-0.1, -0.05) is 90.5 Å². The number of fused-ring (bicyclic) bond motifs is 1. The van der Waals surface area contributed by atoms with Crippen molar-refractivity contribution in [3.05, 3.63) is 114 Å². The lowest BCUT2D eigenvalue weighted by Gasteiger charge is -2.37. The molecule has 1 saturated heterocycles. The third-order valence-corrected chi connectivity index (χ3v) is 9.07. The largest absolute Gasteiger partial charge is 0.243 e. The van der Waals surface area contributed by atoms with Crippen molar-refractivity contribution >= 4 is 10.0 Å². The number of benzene rings is 3. The fourth-order valence-electron chi connectivity index (χ4n) is 5.64. The van der Waals surface area contributed by atoms with Crippen LogP contribution in [0.25, 0.3) is 0 Å². The Morgan fingerprint density at radius 3 is 2.03 bits per heavy atom. The molecule has 1 aliphatic carbocycles. The summed E-state index contributed by atoms with van der Waals surface area (Å²) in [7, 11) is -3.65. The van der Waals surface area contributed by atoms with Crippen molar-refractivity contribution in [2.24, 2.45) is 5.92 Å². The molecule has 3 aromatic rings. The minimum atomic E-state index is -3.65. The van der Waals surface area contributed by atoms with Crippen molar-refractivity contribution in [3.8, 4) is 0 Å². The minimum Gasteiger partial charge on any atom is -0.207 e. The fourth-order valence-corrected chi connectivity index (χ4v) is 7.30. The van der Waals surface area contributed by atoms with Crippen LogP contribution in [-0.4, -0.2) is 25.3 Å². The first kappa shape index (κ1) is 21.2. The van der Waals surface area contributed by atoms with Gasteiger partial charge in [-0.25, -0.2) is 8.42 Å². The highest BCUT2D eigenvalue weighted by Crippen LogP contribution is 2.52. The van der Waals surface area contributed by atoms with E-state index in [4.69, 9.17) is 0 Å². The van der Waals surface area contributed by atoms with E-state index in [1.54, 1.807) is 16.4 Å². The van der Waals surface area contributed by atoms with Crippen molar-refractivity contribution < 1.29 is 8.42 Å². The monoisotopic (exact) mass is 443 g/mol. The van der Waals surface area contributed by atoms with E-state index in [0.29, 0.717) is 11.4 Å². The molecule has 4 heteroatoms. The van der Waals surface area contributed by atoms with Gasteiger partial charge in [0, 0.05) is 18.0 Å². The topological polar surface area (TPSA) is 37.4 Å². The summed E-state index contributed by atoms with van der Waals surface area (Å²) in [6.45, 7) is 2.42. The van der Waals surface area contributed by atoms with Crippen LogP contribution in [0.1, 0.15) is 36.0 Å². The van der Waals surface area contributed by atoms with E-state index in [1.165, 1.54) is 11.1 Å². The first-order chi connectivity index (χ1) is 15.5. The summed E-state index contributed by atoms with van der Waals surface area (Å²) < 4.78 is 29.7. The lowest BCUT2D eigenvalue weighted by Crippen LogP contribution is -2.38. The average molecular weight is 444 g/mol. The van der Waals surface area contributed by atoms with E-state index in [2.05, 4.69) is 60.7 Å². The van der Waals surface area contributed by atoms with Gasteiger partial charge in [0.15, 0.2) is 0 Å². The van der Waals surface area contributed by atoms with E-state index < -0.39 is 10.0 Å². The predicted molar refractivity (Wildman–Crippen MR) is 129 cm³/mol. The molecule has 3 nitrogen and oxygen atoms in total. The third-order valence-electron chi connectivity index (χ3n) is 7.21. The lowest BCUT2D eigenvalue weighted by molar-refractivity contribution is 0.342. The van der Waals surface area contributed by atoms with E-state index >= 15 is 0 Å².